The molecule has 0 bridgehead atoms. The Balaban J connectivity index is 2.07. The monoisotopic (exact) mass is 366 g/mol. The van der Waals surface area contributed by atoms with Crippen molar-refractivity contribution in [2.45, 2.75) is 13.8 Å². The van der Waals surface area contributed by atoms with Gasteiger partial charge in [-0.2, -0.15) is 0 Å². The fourth-order valence-corrected chi connectivity index (χ4v) is 2.44. The van der Waals surface area contributed by atoms with Crippen molar-refractivity contribution in [3.63, 3.8) is 0 Å². The van der Waals surface area contributed by atoms with E-state index in [1.165, 1.54) is 13.2 Å². The van der Waals surface area contributed by atoms with E-state index in [9.17, 15) is 14.4 Å². The molecule has 0 fully saturated rings. The average molecular weight is 366 g/mol. The number of para-hydroxylation sites is 1. The summed E-state index contributed by atoms with van der Waals surface area (Å²) >= 11 is 0. The molecule has 0 aromatic heterocycles. The van der Waals surface area contributed by atoms with Gasteiger partial charge in [-0.1, -0.05) is 18.2 Å². The molecular formula is C21H22N2O4. The third-order valence-electron chi connectivity index (χ3n) is 3.91. The quantitative estimate of drug-likeness (QED) is 0.628. The highest BCUT2D eigenvalue weighted by atomic mass is 16.5. The molecule has 1 N–H and O–H groups in total. The number of anilines is 2. The molecular weight excluding hydrogens is 344 g/mol. The number of hydrogen-bond acceptors (Lipinski definition) is 4. The van der Waals surface area contributed by atoms with Crippen LogP contribution in [0.4, 0.5) is 11.4 Å². The molecule has 2 amide bonds. The highest BCUT2D eigenvalue weighted by Crippen LogP contribution is 2.15. The van der Waals surface area contributed by atoms with Gasteiger partial charge < -0.3 is 15.0 Å². The summed E-state index contributed by atoms with van der Waals surface area (Å²) in [7, 11) is 1.30. The summed E-state index contributed by atoms with van der Waals surface area (Å²) < 4.78 is 4.63. The minimum Gasteiger partial charge on any atom is -0.465 e. The van der Waals surface area contributed by atoms with Crippen LogP contribution in [0.15, 0.2) is 66.2 Å². The average Bonchev–Trinajstić information content (AvgIpc) is 2.69. The van der Waals surface area contributed by atoms with E-state index < -0.39 is 11.9 Å². The van der Waals surface area contributed by atoms with E-state index in [1.54, 1.807) is 36.1 Å². The Morgan fingerprint density at radius 3 is 2.22 bits per heavy atom. The maximum atomic E-state index is 12.5. The summed E-state index contributed by atoms with van der Waals surface area (Å²) in [4.78, 5) is 37.9. The normalized spacial score (nSPS) is 10.9. The van der Waals surface area contributed by atoms with Crippen LogP contribution < -0.4 is 10.2 Å². The summed E-state index contributed by atoms with van der Waals surface area (Å²) in [5, 5.41) is 2.70. The van der Waals surface area contributed by atoms with Crippen molar-refractivity contribution in [3.8, 4) is 0 Å². The highest BCUT2D eigenvalue weighted by Gasteiger charge is 2.14. The number of benzene rings is 2. The summed E-state index contributed by atoms with van der Waals surface area (Å²) in [5.74, 6) is -1.11. The molecule has 0 aliphatic heterocycles. The predicted octanol–water partition coefficient (Wildman–Crippen LogP) is 3.41. The zero-order valence-corrected chi connectivity index (χ0v) is 15.6. The van der Waals surface area contributed by atoms with Crippen LogP contribution in [-0.4, -0.2) is 31.4 Å². The maximum Gasteiger partial charge on any atom is 0.337 e. The maximum absolute atomic E-state index is 12.5. The second-order valence-electron chi connectivity index (χ2n) is 5.77. The van der Waals surface area contributed by atoms with Crippen molar-refractivity contribution in [3.05, 3.63) is 71.8 Å². The lowest BCUT2D eigenvalue weighted by atomic mass is 10.2. The van der Waals surface area contributed by atoms with Gasteiger partial charge in [-0.05, 0) is 50.2 Å². The van der Waals surface area contributed by atoms with Crippen molar-refractivity contribution in [2.75, 3.05) is 23.9 Å². The molecule has 0 atom stereocenters. The minimum atomic E-state index is -0.449. The van der Waals surface area contributed by atoms with Gasteiger partial charge in [0.1, 0.15) is 0 Å². The molecule has 0 spiro atoms. The molecule has 2 aromatic carbocycles. The molecule has 6 heteroatoms. The third kappa shape index (κ3) is 5.28. The number of amides is 2. The number of carbonyl (C=O) groups excluding carboxylic acids is 3. The van der Waals surface area contributed by atoms with Crippen molar-refractivity contribution in [1.82, 2.24) is 0 Å². The molecule has 6 nitrogen and oxygen atoms in total. The summed E-state index contributed by atoms with van der Waals surface area (Å²) in [6.45, 7) is 3.94. The van der Waals surface area contributed by atoms with Crippen LogP contribution in [0.2, 0.25) is 0 Å². The number of nitrogens with zero attached hydrogens (tertiary/aromatic N) is 1. The molecule has 0 aliphatic rings. The topological polar surface area (TPSA) is 75.7 Å². The molecule has 2 aromatic rings. The largest absolute Gasteiger partial charge is 0.465 e. The molecule has 0 saturated carbocycles. The summed E-state index contributed by atoms with van der Waals surface area (Å²) in [5.41, 5.74) is 1.96. The number of nitrogens with one attached hydrogen (secondary N) is 1. The van der Waals surface area contributed by atoms with Gasteiger partial charge >= 0.3 is 5.97 Å². The van der Waals surface area contributed by atoms with E-state index in [0.717, 1.165) is 5.69 Å². The van der Waals surface area contributed by atoms with Gasteiger partial charge in [-0.15, -0.1) is 0 Å². The first-order valence-electron chi connectivity index (χ1n) is 8.50. The second-order valence-corrected chi connectivity index (χ2v) is 5.77. The zero-order valence-electron chi connectivity index (χ0n) is 15.6. The van der Waals surface area contributed by atoms with E-state index in [0.29, 0.717) is 17.8 Å². The number of likely N-dealkylation sites (N-methyl/N-ethyl adjacent to an activating group) is 1. The molecule has 27 heavy (non-hydrogen) atoms. The van der Waals surface area contributed by atoms with Gasteiger partial charge in [0.2, 0.25) is 0 Å². The third-order valence-corrected chi connectivity index (χ3v) is 3.91. The Bertz CT molecular complexity index is 842. The van der Waals surface area contributed by atoms with Gasteiger partial charge in [0.05, 0.1) is 12.7 Å². The fourth-order valence-electron chi connectivity index (χ4n) is 2.44. The van der Waals surface area contributed by atoms with Gasteiger partial charge in [0, 0.05) is 29.6 Å². The molecule has 0 saturated heterocycles. The Morgan fingerprint density at radius 1 is 1.04 bits per heavy atom. The Hall–Kier alpha value is -3.41. The molecule has 140 valence electrons. The van der Waals surface area contributed by atoms with Crippen molar-refractivity contribution >= 4 is 29.2 Å². The minimum absolute atomic E-state index is 0.266. The van der Waals surface area contributed by atoms with Gasteiger partial charge in [0.25, 0.3) is 11.8 Å². The van der Waals surface area contributed by atoms with Crippen molar-refractivity contribution in [1.29, 1.82) is 0 Å². The van der Waals surface area contributed by atoms with E-state index in [4.69, 9.17) is 0 Å². The van der Waals surface area contributed by atoms with Crippen LogP contribution in [0.1, 0.15) is 24.2 Å². The Labute approximate surface area is 158 Å². The van der Waals surface area contributed by atoms with E-state index >= 15 is 0 Å². The lowest BCUT2D eigenvalue weighted by Crippen LogP contribution is -2.29. The summed E-state index contributed by atoms with van der Waals surface area (Å²) in [6.07, 6.45) is 1.31. The van der Waals surface area contributed by atoms with E-state index in [2.05, 4.69) is 10.1 Å². The lowest BCUT2D eigenvalue weighted by molar-refractivity contribution is -0.115. The molecule has 0 heterocycles. The van der Waals surface area contributed by atoms with Gasteiger partial charge in [-0.25, -0.2) is 4.79 Å². The Kier molecular flexibility index (Phi) is 6.88. The van der Waals surface area contributed by atoms with Crippen molar-refractivity contribution in [2.24, 2.45) is 0 Å². The van der Waals surface area contributed by atoms with Gasteiger partial charge in [0.15, 0.2) is 0 Å². The van der Waals surface area contributed by atoms with Crippen LogP contribution in [0.25, 0.3) is 0 Å². The van der Waals surface area contributed by atoms with Gasteiger partial charge in [-0.3, -0.25) is 9.59 Å². The van der Waals surface area contributed by atoms with E-state index in [1.807, 2.05) is 37.3 Å². The number of methoxy groups -OCH3 is 1. The zero-order chi connectivity index (χ0) is 19.8. The first kappa shape index (κ1) is 19.9. The fraction of sp³-hybridized carbons (Fsp3) is 0.190. The molecule has 0 radical (unpaired) electrons. The number of rotatable bonds is 6. The molecule has 0 unspecified atom stereocenters. The van der Waals surface area contributed by atoms with Crippen LogP contribution in [0.3, 0.4) is 0 Å². The number of ether oxygens (including phenoxy) is 1. The number of hydrogen-bond donors (Lipinski definition) is 1. The standard InChI is InChI=1S/C21H22N2O4/c1-4-23(18-8-6-5-7-9-18)19(24)14-15(2)20(25)22-17-12-10-16(11-13-17)21(26)27-3/h5-14H,4H2,1-3H3,(H,22,25)/b15-14+. The van der Waals surface area contributed by atoms with Crippen LogP contribution in [0, 0.1) is 0 Å². The lowest BCUT2D eigenvalue weighted by Gasteiger charge is -2.19. The SMILES string of the molecule is CCN(C(=O)/C=C(\C)C(=O)Nc1ccc(C(=O)OC)cc1)c1ccccc1. The molecule has 0 aliphatic carbocycles. The summed E-state index contributed by atoms with van der Waals surface area (Å²) in [6, 6.07) is 15.6. The van der Waals surface area contributed by atoms with Crippen LogP contribution in [-0.2, 0) is 14.3 Å². The van der Waals surface area contributed by atoms with E-state index in [-0.39, 0.29) is 11.5 Å². The first-order valence-corrected chi connectivity index (χ1v) is 8.50. The number of carbonyl (C=O) groups is 3. The number of esters is 1. The van der Waals surface area contributed by atoms with Crippen molar-refractivity contribution < 1.29 is 19.1 Å². The Morgan fingerprint density at radius 2 is 1.67 bits per heavy atom. The highest BCUT2D eigenvalue weighted by molar-refractivity contribution is 6.10. The second kappa shape index (κ2) is 9.33. The molecule has 2 rings (SSSR count). The first-order chi connectivity index (χ1) is 13.0. The predicted molar refractivity (Wildman–Crippen MR) is 105 cm³/mol. The smallest absolute Gasteiger partial charge is 0.337 e. The van der Waals surface area contributed by atoms with Crippen LogP contribution in [0.5, 0.6) is 0 Å². The van der Waals surface area contributed by atoms with Crippen LogP contribution >= 0.6 is 0 Å².